The number of hydrogen-bond donors (Lipinski definition) is 3. The van der Waals surface area contributed by atoms with Crippen molar-refractivity contribution in [2.24, 2.45) is 0 Å². The van der Waals surface area contributed by atoms with Gasteiger partial charge in [0.05, 0.1) is 12.2 Å². The number of benzene rings is 2. The van der Waals surface area contributed by atoms with Crippen LogP contribution in [0.15, 0.2) is 48.5 Å². The van der Waals surface area contributed by atoms with Gasteiger partial charge in [0.15, 0.2) is 0 Å². The third kappa shape index (κ3) is 3.76. The normalized spacial score (nSPS) is 9.86. The van der Waals surface area contributed by atoms with Gasteiger partial charge in [-0.1, -0.05) is 12.1 Å². The second-order valence-electron chi connectivity index (χ2n) is 4.38. The molecule has 0 fully saturated rings. The molecule has 0 radical (unpaired) electrons. The maximum Gasteiger partial charge on any atom is 0.273 e. The molecule has 2 aromatic carbocycles. The lowest BCUT2D eigenvalue weighted by Crippen LogP contribution is -2.41. The molecular weight excluding hydrogens is 284 g/mol. The fourth-order valence-corrected chi connectivity index (χ4v) is 1.79. The van der Waals surface area contributed by atoms with Crippen LogP contribution in [0.2, 0.25) is 0 Å². The topological polar surface area (TPSA) is 87.7 Å². The Morgan fingerprint density at radius 3 is 2.27 bits per heavy atom. The van der Waals surface area contributed by atoms with Crippen LogP contribution in [0.1, 0.15) is 27.6 Å². The highest BCUT2D eigenvalue weighted by Crippen LogP contribution is 2.15. The van der Waals surface area contributed by atoms with Crippen molar-refractivity contribution in [2.75, 3.05) is 6.61 Å². The summed E-state index contributed by atoms with van der Waals surface area (Å²) >= 11 is 0. The second kappa shape index (κ2) is 7.12. The molecule has 0 saturated heterocycles. The summed E-state index contributed by atoms with van der Waals surface area (Å²) in [5, 5.41) is 9.56. The SMILES string of the molecule is CCOc1ccc(C(=O)NNC(=O)c2ccccc2O)cc1. The van der Waals surface area contributed by atoms with Gasteiger partial charge in [-0.05, 0) is 43.3 Å². The predicted molar refractivity (Wildman–Crippen MR) is 80.7 cm³/mol. The predicted octanol–water partition coefficient (Wildman–Crippen LogP) is 1.87. The molecule has 0 bridgehead atoms. The average Bonchev–Trinajstić information content (AvgIpc) is 2.54. The first kappa shape index (κ1) is 15.4. The molecule has 0 unspecified atom stereocenters. The summed E-state index contributed by atoms with van der Waals surface area (Å²) in [5.41, 5.74) is 4.99. The maximum atomic E-state index is 11.9. The van der Waals surface area contributed by atoms with E-state index >= 15 is 0 Å². The Bertz CT molecular complexity index is 668. The van der Waals surface area contributed by atoms with Crippen LogP contribution in [0.3, 0.4) is 0 Å². The fourth-order valence-electron chi connectivity index (χ4n) is 1.79. The Hall–Kier alpha value is -3.02. The molecule has 2 rings (SSSR count). The standard InChI is InChI=1S/C16H16N2O4/c1-2-22-12-9-7-11(8-10-12)15(20)17-18-16(21)13-5-3-4-6-14(13)19/h3-10,19H,2H2,1H3,(H,17,20)(H,18,21). The van der Waals surface area contributed by atoms with E-state index in [9.17, 15) is 14.7 Å². The first-order chi connectivity index (χ1) is 10.6. The van der Waals surface area contributed by atoms with Gasteiger partial charge in [-0.25, -0.2) is 0 Å². The van der Waals surface area contributed by atoms with E-state index in [0.29, 0.717) is 17.9 Å². The highest BCUT2D eigenvalue weighted by atomic mass is 16.5. The van der Waals surface area contributed by atoms with Crippen LogP contribution in [0.25, 0.3) is 0 Å². The van der Waals surface area contributed by atoms with E-state index < -0.39 is 11.8 Å². The van der Waals surface area contributed by atoms with Gasteiger partial charge in [0.2, 0.25) is 0 Å². The molecule has 114 valence electrons. The van der Waals surface area contributed by atoms with Crippen molar-refractivity contribution in [2.45, 2.75) is 6.92 Å². The molecule has 0 aliphatic rings. The number of nitrogens with one attached hydrogen (secondary N) is 2. The van der Waals surface area contributed by atoms with E-state index in [2.05, 4.69) is 10.9 Å². The van der Waals surface area contributed by atoms with Crippen molar-refractivity contribution in [3.05, 3.63) is 59.7 Å². The number of aromatic hydroxyl groups is 1. The summed E-state index contributed by atoms with van der Waals surface area (Å²) in [6.45, 7) is 2.41. The minimum atomic E-state index is -0.600. The van der Waals surface area contributed by atoms with Gasteiger partial charge >= 0.3 is 0 Å². The Morgan fingerprint density at radius 1 is 1.00 bits per heavy atom. The first-order valence-corrected chi connectivity index (χ1v) is 6.73. The molecule has 22 heavy (non-hydrogen) atoms. The van der Waals surface area contributed by atoms with Crippen LogP contribution in [0, 0.1) is 0 Å². The third-order valence-electron chi connectivity index (χ3n) is 2.87. The zero-order valence-corrected chi connectivity index (χ0v) is 12.0. The highest BCUT2D eigenvalue weighted by Gasteiger charge is 2.12. The van der Waals surface area contributed by atoms with Crippen LogP contribution < -0.4 is 15.6 Å². The molecule has 0 aromatic heterocycles. The summed E-state index contributed by atoms with van der Waals surface area (Å²) in [7, 11) is 0. The Balaban J connectivity index is 1.95. The van der Waals surface area contributed by atoms with E-state index in [4.69, 9.17) is 4.74 Å². The van der Waals surface area contributed by atoms with Crippen molar-refractivity contribution in [1.82, 2.24) is 10.9 Å². The van der Waals surface area contributed by atoms with Crippen LogP contribution in [0.4, 0.5) is 0 Å². The number of para-hydroxylation sites is 1. The number of carbonyl (C=O) groups is 2. The van der Waals surface area contributed by atoms with Gasteiger partial charge in [0.25, 0.3) is 11.8 Å². The second-order valence-corrected chi connectivity index (χ2v) is 4.38. The van der Waals surface area contributed by atoms with Gasteiger partial charge in [0, 0.05) is 5.56 Å². The first-order valence-electron chi connectivity index (χ1n) is 6.73. The number of rotatable bonds is 4. The molecule has 6 heteroatoms. The molecule has 0 heterocycles. The minimum absolute atomic E-state index is 0.0782. The van der Waals surface area contributed by atoms with E-state index in [1.807, 2.05) is 6.92 Å². The summed E-state index contributed by atoms with van der Waals surface area (Å²) in [6.07, 6.45) is 0. The molecule has 0 saturated carbocycles. The molecule has 0 aliphatic carbocycles. The van der Waals surface area contributed by atoms with Gasteiger partial charge in [-0.15, -0.1) is 0 Å². The number of hydrogen-bond acceptors (Lipinski definition) is 4. The van der Waals surface area contributed by atoms with Crippen molar-refractivity contribution >= 4 is 11.8 Å². The van der Waals surface area contributed by atoms with Gasteiger partial charge in [0.1, 0.15) is 11.5 Å². The average molecular weight is 300 g/mol. The van der Waals surface area contributed by atoms with Crippen molar-refractivity contribution in [3.8, 4) is 11.5 Å². The number of hydrazine groups is 1. The van der Waals surface area contributed by atoms with Crippen LogP contribution in [0.5, 0.6) is 11.5 Å². The van der Waals surface area contributed by atoms with Gasteiger partial charge < -0.3 is 9.84 Å². The number of carbonyl (C=O) groups excluding carboxylic acids is 2. The van der Waals surface area contributed by atoms with Crippen molar-refractivity contribution < 1.29 is 19.4 Å². The molecule has 0 spiro atoms. The van der Waals surface area contributed by atoms with E-state index in [1.165, 1.54) is 12.1 Å². The van der Waals surface area contributed by atoms with E-state index in [1.54, 1.807) is 36.4 Å². The zero-order valence-electron chi connectivity index (χ0n) is 12.0. The molecule has 2 amide bonds. The van der Waals surface area contributed by atoms with Crippen molar-refractivity contribution in [3.63, 3.8) is 0 Å². The number of amides is 2. The zero-order chi connectivity index (χ0) is 15.9. The smallest absolute Gasteiger partial charge is 0.273 e. The maximum absolute atomic E-state index is 11.9. The molecule has 2 aromatic rings. The van der Waals surface area contributed by atoms with Crippen molar-refractivity contribution in [1.29, 1.82) is 0 Å². The number of phenols is 1. The Labute approximate surface area is 127 Å². The largest absolute Gasteiger partial charge is 0.507 e. The summed E-state index contributed by atoms with van der Waals surface area (Å²) in [5.74, 6) is -0.559. The molecule has 6 nitrogen and oxygen atoms in total. The molecule has 0 atom stereocenters. The van der Waals surface area contributed by atoms with E-state index in [0.717, 1.165) is 0 Å². The minimum Gasteiger partial charge on any atom is -0.507 e. The quantitative estimate of drug-likeness (QED) is 0.752. The number of phenolic OH excluding ortho intramolecular Hbond substituents is 1. The van der Waals surface area contributed by atoms with Crippen LogP contribution in [-0.4, -0.2) is 23.5 Å². The fraction of sp³-hybridized carbons (Fsp3) is 0.125. The lowest BCUT2D eigenvalue weighted by atomic mass is 10.2. The van der Waals surface area contributed by atoms with Gasteiger partial charge in [-0.3, -0.25) is 20.4 Å². The van der Waals surface area contributed by atoms with Gasteiger partial charge in [-0.2, -0.15) is 0 Å². The Morgan fingerprint density at radius 2 is 1.64 bits per heavy atom. The number of ether oxygens (including phenoxy) is 1. The van der Waals surface area contributed by atoms with E-state index in [-0.39, 0.29) is 11.3 Å². The third-order valence-corrected chi connectivity index (χ3v) is 2.87. The lowest BCUT2D eigenvalue weighted by molar-refractivity contribution is 0.0845. The molecule has 0 aliphatic heterocycles. The molecule has 3 N–H and O–H groups in total. The monoisotopic (exact) mass is 300 g/mol. The highest BCUT2D eigenvalue weighted by molar-refractivity contribution is 6.00. The van der Waals surface area contributed by atoms with Crippen LogP contribution in [-0.2, 0) is 0 Å². The summed E-state index contributed by atoms with van der Waals surface area (Å²) in [6, 6.07) is 12.6. The Kier molecular flexibility index (Phi) is 4.98. The lowest BCUT2D eigenvalue weighted by Gasteiger charge is -2.09. The summed E-state index contributed by atoms with van der Waals surface area (Å²) in [4.78, 5) is 23.7. The summed E-state index contributed by atoms with van der Waals surface area (Å²) < 4.78 is 5.28. The van der Waals surface area contributed by atoms with Crippen LogP contribution >= 0.6 is 0 Å². The molecular formula is C16H16N2O4.